The molecular weight excluding hydrogens is 246 g/mol. The summed E-state index contributed by atoms with van der Waals surface area (Å²) < 4.78 is 0. The molecule has 0 atom stereocenters. The Bertz CT molecular complexity index is 526. The Kier molecular flexibility index (Phi) is 3.35. The predicted molar refractivity (Wildman–Crippen MR) is 83.1 cm³/mol. The molecule has 1 amide bonds. The van der Waals surface area contributed by atoms with Crippen LogP contribution in [0.25, 0.3) is 0 Å². The van der Waals surface area contributed by atoms with E-state index in [0.29, 0.717) is 5.92 Å². The summed E-state index contributed by atoms with van der Waals surface area (Å²) in [7, 11) is 0. The van der Waals surface area contributed by atoms with Gasteiger partial charge in [-0.2, -0.15) is 0 Å². The highest BCUT2D eigenvalue weighted by Crippen LogP contribution is 2.44. The van der Waals surface area contributed by atoms with Crippen molar-refractivity contribution in [3.05, 3.63) is 29.3 Å². The SMILES string of the molecule is Cc1cccc2c1N(CC1CCCCC1)C(=O)C2(C)C. The first-order valence-corrected chi connectivity index (χ1v) is 7.94. The van der Waals surface area contributed by atoms with Crippen molar-refractivity contribution in [2.24, 2.45) is 5.92 Å². The number of hydrogen-bond acceptors (Lipinski definition) is 1. The van der Waals surface area contributed by atoms with Crippen LogP contribution in [0.5, 0.6) is 0 Å². The molecule has 0 saturated heterocycles. The number of carbonyl (C=O) groups excluding carboxylic acids is 1. The summed E-state index contributed by atoms with van der Waals surface area (Å²) in [5, 5.41) is 0. The van der Waals surface area contributed by atoms with Crippen molar-refractivity contribution >= 4 is 11.6 Å². The van der Waals surface area contributed by atoms with Crippen LogP contribution in [0.15, 0.2) is 18.2 Å². The number of anilines is 1. The van der Waals surface area contributed by atoms with Crippen LogP contribution < -0.4 is 4.90 Å². The minimum atomic E-state index is -0.365. The van der Waals surface area contributed by atoms with Gasteiger partial charge in [0.25, 0.3) is 0 Å². The minimum absolute atomic E-state index is 0.285. The van der Waals surface area contributed by atoms with E-state index in [0.717, 1.165) is 6.54 Å². The topological polar surface area (TPSA) is 20.3 Å². The van der Waals surface area contributed by atoms with Gasteiger partial charge >= 0.3 is 0 Å². The van der Waals surface area contributed by atoms with Crippen LogP contribution in [-0.2, 0) is 10.2 Å². The lowest BCUT2D eigenvalue weighted by atomic mass is 9.85. The van der Waals surface area contributed by atoms with Gasteiger partial charge in [-0.25, -0.2) is 0 Å². The van der Waals surface area contributed by atoms with E-state index in [4.69, 9.17) is 0 Å². The fourth-order valence-electron chi connectivity index (χ4n) is 3.88. The van der Waals surface area contributed by atoms with Crippen LogP contribution in [0.1, 0.15) is 57.1 Å². The number of nitrogens with zero attached hydrogens (tertiary/aromatic N) is 1. The lowest BCUT2D eigenvalue weighted by molar-refractivity contribution is -0.122. The minimum Gasteiger partial charge on any atom is -0.311 e. The van der Waals surface area contributed by atoms with Gasteiger partial charge in [0.2, 0.25) is 5.91 Å². The summed E-state index contributed by atoms with van der Waals surface area (Å²) in [6, 6.07) is 6.33. The van der Waals surface area contributed by atoms with E-state index >= 15 is 0 Å². The molecule has 1 aromatic carbocycles. The van der Waals surface area contributed by atoms with Crippen molar-refractivity contribution in [3.8, 4) is 0 Å². The van der Waals surface area contributed by atoms with Crippen LogP contribution in [-0.4, -0.2) is 12.5 Å². The summed E-state index contributed by atoms with van der Waals surface area (Å²) in [6.07, 6.45) is 6.59. The Balaban J connectivity index is 1.94. The van der Waals surface area contributed by atoms with Crippen molar-refractivity contribution in [1.29, 1.82) is 0 Å². The maximum Gasteiger partial charge on any atom is 0.237 e. The maximum absolute atomic E-state index is 12.8. The molecule has 1 aromatic rings. The molecule has 1 aliphatic heterocycles. The van der Waals surface area contributed by atoms with Crippen LogP contribution in [0, 0.1) is 12.8 Å². The highest BCUT2D eigenvalue weighted by Gasteiger charge is 2.44. The molecule has 20 heavy (non-hydrogen) atoms. The molecule has 0 N–H and O–H groups in total. The lowest BCUT2D eigenvalue weighted by Crippen LogP contribution is -2.39. The standard InChI is InChI=1S/C18H25NO/c1-13-8-7-11-15-16(13)19(17(20)18(15,2)3)12-14-9-5-4-6-10-14/h7-8,11,14H,4-6,9-10,12H2,1-3H3. The third kappa shape index (κ3) is 2.06. The number of amides is 1. The van der Waals surface area contributed by atoms with E-state index in [2.05, 4.69) is 43.9 Å². The normalized spacial score (nSPS) is 22.1. The molecule has 2 aliphatic rings. The first kappa shape index (κ1) is 13.7. The molecular formula is C18H25NO. The molecule has 1 heterocycles. The number of carbonyl (C=O) groups is 1. The number of fused-ring (bicyclic) bond motifs is 1. The first-order chi connectivity index (χ1) is 9.51. The van der Waals surface area contributed by atoms with Gasteiger partial charge in [0, 0.05) is 6.54 Å². The largest absolute Gasteiger partial charge is 0.311 e. The van der Waals surface area contributed by atoms with Crippen molar-refractivity contribution in [2.45, 2.75) is 58.3 Å². The molecule has 108 valence electrons. The second kappa shape index (κ2) is 4.91. The zero-order valence-corrected chi connectivity index (χ0v) is 12.9. The zero-order valence-electron chi connectivity index (χ0n) is 12.9. The second-order valence-corrected chi connectivity index (χ2v) is 7.02. The number of para-hydroxylation sites is 1. The van der Waals surface area contributed by atoms with Crippen molar-refractivity contribution < 1.29 is 4.79 Å². The lowest BCUT2D eigenvalue weighted by Gasteiger charge is -2.28. The third-order valence-corrected chi connectivity index (χ3v) is 5.13. The number of hydrogen-bond donors (Lipinski definition) is 0. The molecule has 2 nitrogen and oxygen atoms in total. The van der Waals surface area contributed by atoms with Crippen molar-refractivity contribution in [1.82, 2.24) is 0 Å². The summed E-state index contributed by atoms with van der Waals surface area (Å²) >= 11 is 0. The monoisotopic (exact) mass is 271 g/mol. The van der Waals surface area contributed by atoms with Crippen LogP contribution >= 0.6 is 0 Å². The fraction of sp³-hybridized carbons (Fsp3) is 0.611. The van der Waals surface area contributed by atoms with Gasteiger partial charge in [0.15, 0.2) is 0 Å². The van der Waals surface area contributed by atoms with Crippen LogP contribution in [0.3, 0.4) is 0 Å². The number of benzene rings is 1. The second-order valence-electron chi connectivity index (χ2n) is 7.02. The average molecular weight is 271 g/mol. The van der Waals surface area contributed by atoms with E-state index in [-0.39, 0.29) is 11.3 Å². The molecule has 0 spiro atoms. The summed E-state index contributed by atoms with van der Waals surface area (Å²) in [5.74, 6) is 0.974. The quantitative estimate of drug-likeness (QED) is 0.789. The number of aryl methyl sites for hydroxylation is 1. The number of rotatable bonds is 2. The van der Waals surface area contributed by atoms with Gasteiger partial charge in [-0.15, -0.1) is 0 Å². The van der Waals surface area contributed by atoms with Gasteiger partial charge in [-0.3, -0.25) is 4.79 Å². The maximum atomic E-state index is 12.8. The molecule has 3 rings (SSSR count). The Morgan fingerprint density at radius 3 is 2.60 bits per heavy atom. The zero-order chi connectivity index (χ0) is 14.3. The van der Waals surface area contributed by atoms with Crippen molar-refractivity contribution in [3.63, 3.8) is 0 Å². The van der Waals surface area contributed by atoms with E-state index < -0.39 is 0 Å². The third-order valence-electron chi connectivity index (χ3n) is 5.13. The Morgan fingerprint density at radius 1 is 1.20 bits per heavy atom. The average Bonchev–Trinajstić information content (AvgIpc) is 2.63. The molecule has 2 heteroatoms. The fourth-order valence-corrected chi connectivity index (χ4v) is 3.88. The molecule has 0 radical (unpaired) electrons. The molecule has 1 fully saturated rings. The van der Waals surface area contributed by atoms with E-state index in [9.17, 15) is 4.79 Å². The highest BCUT2D eigenvalue weighted by molar-refractivity contribution is 6.08. The molecule has 0 unspecified atom stereocenters. The Labute approximate surface area is 122 Å². The van der Waals surface area contributed by atoms with E-state index in [1.807, 2.05) is 0 Å². The van der Waals surface area contributed by atoms with Gasteiger partial charge in [-0.05, 0) is 50.7 Å². The van der Waals surface area contributed by atoms with Gasteiger partial charge in [-0.1, -0.05) is 37.5 Å². The summed E-state index contributed by atoms with van der Waals surface area (Å²) in [6.45, 7) is 7.17. The molecule has 0 aromatic heterocycles. The van der Waals surface area contributed by atoms with Crippen LogP contribution in [0.2, 0.25) is 0 Å². The molecule has 1 aliphatic carbocycles. The van der Waals surface area contributed by atoms with Gasteiger partial charge in [0.1, 0.15) is 0 Å². The Morgan fingerprint density at radius 2 is 1.90 bits per heavy atom. The highest BCUT2D eigenvalue weighted by atomic mass is 16.2. The van der Waals surface area contributed by atoms with Crippen molar-refractivity contribution in [2.75, 3.05) is 11.4 Å². The van der Waals surface area contributed by atoms with Gasteiger partial charge in [0.05, 0.1) is 11.1 Å². The summed E-state index contributed by atoms with van der Waals surface area (Å²) in [5.41, 5.74) is 3.26. The summed E-state index contributed by atoms with van der Waals surface area (Å²) in [4.78, 5) is 14.9. The van der Waals surface area contributed by atoms with Gasteiger partial charge < -0.3 is 4.90 Å². The molecule has 0 bridgehead atoms. The molecule has 1 saturated carbocycles. The first-order valence-electron chi connectivity index (χ1n) is 7.94. The van der Waals surface area contributed by atoms with Crippen LogP contribution in [0.4, 0.5) is 5.69 Å². The van der Waals surface area contributed by atoms with E-state index in [1.165, 1.54) is 48.9 Å². The smallest absolute Gasteiger partial charge is 0.237 e. The predicted octanol–water partition coefficient (Wildman–Crippen LogP) is 4.20. The van der Waals surface area contributed by atoms with E-state index in [1.54, 1.807) is 0 Å². The Hall–Kier alpha value is -1.31.